The van der Waals surface area contributed by atoms with Crippen molar-refractivity contribution in [3.63, 3.8) is 0 Å². The number of piperidine rings is 2. The van der Waals surface area contributed by atoms with Gasteiger partial charge in [0.1, 0.15) is 11.5 Å². The first-order valence-corrected chi connectivity index (χ1v) is 14.7. The lowest BCUT2D eigenvalue weighted by atomic mass is 9.68. The molecule has 0 bridgehead atoms. The highest BCUT2D eigenvalue weighted by Crippen LogP contribution is 2.44. The summed E-state index contributed by atoms with van der Waals surface area (Å²) in [6, 6.07) is 11.2. The molecular formula is C32H32N6O4. The van der Waals surface area contributed by atoms with Gasteiger partial charge in [-0.25, -0.2) is 0 Å². The number of hydrogen-bond donors (Lipinski definition) is 1. The summed E-state index contributed by atoms with van der Waals surface area (Å²) in [7, 11) is 0. The zero-order chi connectivity index (χ0) is 29.2. The molecule has 10 heteroatoms. The monoisotopic (exact) mass is 564 g/mol. The highest BCUT2D eigenvalue weighted by molar-refractivity contribution is 6.27. The van der Waals surface area contributed by atoms with Crippen LogP contribution in [0.1, 0.15) is 73.4 Å². The maximum Gasteiger partial charge on any atom is 0.259 e. The highest BCUT2D eigenvalue weighted by Gasteiger charge is 2.48. The minimum absolute atomic E-state index is 0.0128. The molecule has 214 valence electrons. The minimum Gasteiger partial charge on any atom is -0.341 e. The number of imide groups is 1. The number of amides is 4. The number of nitriles is 1. The number of aromatic nitrogens is 2. The number of likely N-dealkylation sites (tertiary alicyclic amines) is 1. The summed E-state index contributed by atoms with van der Waals surface area (Å²) >= 11 is 0. The zero-order valence-corrected chi connectivity index (χ0v) is 23.6. The van der Waals surface area contributed by atoms with Gasteiger partial charge in [0.2, 0.25) is 17.7 Å². The molecule has 0 radical (unpaired) electrons. The van der Waals surface area contributed by atoms with Crippen LogP contribution in [-0.4, -0.2) is 57.4 Å². The van der Waals surface area contributed by atoms with Crippen LogP contribution in [0.3, 0.4) is 0 Å². The van der Waals surface area contributed by atoms with Gasteiger partial charge in [0.15, 0.2) is 0 Å². The molecule has 4 amide bonds. The largest absolute Gasteiger partial charge is 0.341 e. The van der Waals surface area contributed by atoms with Crippen molar-refractivity contribution < 1.29 is 19.2 Å². The molecule has 1 N–H and O–H groups in total. The summed E-state index contributed by atoms with van der Waals surface area (Å²) in [5.74, 6) is -0.976. The van der Waals surface area contributed by atoms with Crippen molar-refractivity contribution >= 4 is 40.1 Å². The molecule has 42 heavy (non-hydrogen) atoms. The number of anilines is 1. The third kappa shape index (κ3) is 3.94. The molecule has 0 spiro atoms. The van der Waals surface area contributed by atoms with Gasteiger partial charge in [-0.1, -0.05) is 18.2 Å². The van der Waals surface area contributed by atoms with Crippen molar-refractivity contribution in [2.45, 2.75) is 69.9 Å². The van der Waals surface area contributed by atoms with E-state index in [0.29, 0.717) is 50.0 Å². The third-order valence-corrected chi connectivity index (χ3v) is 9.88. The summed E-state index contributed by atoms with van der Waals surface area (Å²) < 4.78 is 2.02. The quantitative estimate of drug-likeness (QED) is 0.473. The van der Waals surface area contributed by atoms with E-state index in [-0.39, 0.29) is 29.7 Å². The highest BCUT2D eigenvalue weighted by atomic mass is 16.2. The Morgan fingerprint density at radius 1 is 1.12 bits per heavy atom. The third-order valence-electron chi connectivity index (χ3n) is 9.88. The molecule has 1 atom stereocenters. The molecule has 1 unspecified atom stereocenters. The molecule has 3 aromatic rings. The average molecular weight is 565 g/mol. The van der Waals surface area contributed by atoms with Crippen molar-refractivity contribution in [2.75, 3.05) is 18.0 Å². The summed E-state index contributed by atoms with van der Waals surface area (Å²) in [5, 5.41) is 18.5. The van der Waals surface area contributed by atoms with Crippen LogP contribution in [0.15, 0.2) is 42.7 Å². The molecule has 3 fully saturated rings. The molecule has 1 aliphatic carbocycles. The van der Waals surface area contributed by atoms with Crippen molar-refractivity contribution in [1.82, 2.24) is 20.0 Å². The number of carbonyl (C=O) groups excluding carboxylic acids is 4. The van der Waals surface area contributed by atoms with E-state index in [2.05, 4.69) is 24.5 Å². The predicted octanol–water partition coefficient (Wildman–Crippen LogP) is 3.42. The Hall–Kier alpha value is -4.52. The maximum absolute atomic E-state index is 13.5. The summed E-state index contributed by atoms with van der Waals surface area (Å²) in [4.78, 5) is 54.2. The van der Waals surface area contributed by atoms with Crippen LogP contribution in [0, 0.1) is 16.7 Å². The van der Waals surface area contributed by atoms with Crippen molar-refractivity contribution in [2.24, 2.45) is 5.41 Å². The molecule has 4 heterocycles. The lowest BCUT2D eigenvalue weighted by molar-refractivity contribution is -0.145. The van der Waals surface area contributed by atoms with Crippen molar-refractivity contribution in [1.29, 1.82) is 5.26 Å². The topological polar surface area (TPSA) is 128 Å². The molecule has 3 aliphatic heterocycles. The molecule has 10 nitrogen and oxygen atoms in total. The van der Waals surface area contributed by atoms with Crippen LogP contribution < -0.4 is 10.2 Å². The van der Waals surface area contributed by atoms with Crippen LogP contribution in [0.4, 0.5) is 5.69 Å². The number of carbonyl (C=O) groups is 4. The van der Waals surface area contributed by atoms with Crippen molar-refractivity contribution in [3.05, 3.63) is 59.4 Å². The zero-order valence-electron chi connectivity index (χ0n) is 23.6. The van der Waals surface area contributed by atoms with Gasteiger partial charge in [-0.05, 0) is 74.1 Å². The fraction of sp³-hybridized carbons (Fsp3) is 0.438. The second kappa shape index (κ2) is 9.51. The Labute approximate surface area is 243 Å². The number of nitrogens with one attached hydrogen (secondary N) is 1. The van der Waals surface area contributed by atoms with E-state index in [0.717, 1.165) is 41.2 Å². The van der Waals surface area contributed by atoms with Crippen molar-refractivity contribution in [3.8, 4) is 6.07 Å². The van der Waals surface area contributed by atoms with E-state index in [1.165, 1.54) is 0 Å². The molecule has 1 saturated carbocycles. The second-order valence-corrected chi connectivity index (χ2v) is 12.4. The van der Waals surface area contributed by atoms with Crippen LogP contribution in [-0.2, 0) is 26.3 Å². The first kappa shape index (κ1) is 26.4. The summed E-state index contributed by atoms with van der Waals surface area (Å²) in [6.45, 7) is 3.39. The standard InChI is InChI=1S/C32H32N6O4/c1-31(12-14-36(15-13-31)30(42)32(19-33)10-3-11-32)37-18-20(17-34-37)16-21-6-7-24-27-22(21)4-2-5-23(27)29(41)38(24)25-8-9-26(39)35-28(25)40/h2,4-7,17-18,25H,3,8-16H2,1H3,(H,35,39,40). The van der Waals surface area contributed by atoms with E-state index in [4.69, 9.17) is 5.10 Å². The predicted molar refractivity (Wildman–Crippen MR) is 153 cm³/mol. The average Bonchev–Trinajstić information content (AvgIpc) is 3.55. The van der Waals surface area contributed by atoms with Gasteiger partial charge in [0.25, 0.3) is 5.91 Å². The lowest BCUT2D eigenvalue weighted by Crippen LogP contribution is -2.53. The van der Waals surface area contributed by atoms with Gasteiger partial charge >= 0.3 is 0 Å². The number of rotatable bonds is 5. The number of hydrogen-bond acceptors (Lipinski definition) is 6. The Kier molecular flexibility index (Phi) is 5.98. The van der Waals surface area contributed by atoms with E-state index < -0.39 is 17.4 Å². The molecule has 4 aliphatic rings. The fourth-order valence-electron chi connectivity index (χ4n) is 7.05. The number of nitrogens with zero attached hydrogens (tertiary/aromatic N) is 5. The van der Waals surface area contributed by atoms with E-state index in [9.17, 15) is 24.4 Å². The van der Waals surface area contributed by atoms with E-state index >= 15 is 0 Å². The normalized spacial score (nSPS) is 22.6. The van der Waals surface area contributed by atoms with Gasteiger partial charge in [0.05, 0.1) is 23.5 Å². The van der Waals surface area contributed by atoms with Gasteiger partial charge < -0.3 is 4.90 Å². The fourth-order valence-corrected chi connectivity index (χ4v) is 7.05. The Morgan fingerprint density at radius 2 is 1.90 bits per heavy atom. The lowest BCUT2D eigenvalue weighted by Gasteiger charge is -2.44. The van der Waals surface area contributed by atoms with Gasteiger partial charge in [-0.15, -0.1) is 0 Å². The van der Waals surface area contributed by atoms with Crippen LogP contribution in [0.5, 0.6) is 0 Å². The first-order valence-electron chi connectivity index (χ1n) is 14.7. The Balaban J connectivity index is 1.10. The van der Waals surface area contributed by atoms with Gasteiger partial charge in [-0.3, -0.25) is 34.1 Å². The SMILES string of the molecule is CC1(n2cc(Cc3ccc4c5c(cccc35)C(=O)N4C3CCC(=O)NC3=O)cn2)CCN(C(=O)C2(C#N)CCC2)CC1. The molecule has 2 aromatic carbocycles. The summed E-state index contributed by atoms with van der Waals surface area (Å²) in [5.41, 5.74) is 2.33. The van der Waals surface area contributed by atoms with E-state index in [1.807, 2.05) is 40.0 Å². The Morgan fingerprint density at radius 3 is 2.60 bits per heavy atom. The minimum atomic E-state index is -0.810. The van der Waals surface area contributed by atoms with Gasteiger partial charge in [0, 0.05) is 43.1 Å². The smallest absolute Gasteiger partial charge is 0.259 e. The summed E-state index contributed by atoms with van der Waals surface area (Å²) in [6.07, 6.45) is 8.88. The maximum atomic E-state index is 13.5. The van der Waals surface area contributed by atoms with Gasteiger partial charge in [-0.2, -0.15) is 10.4 Å². The molecule has 2 saturated heterocycles. The Bertz CT molecular complexity index is 1710. The van der Waals surface area contributed by atoms with Crippen LogP contribution in [0.2, 0.25) is 0 Å². The molecular weight excluding hydrogens is 532 g/mol. The van der Waals surface area contributed by atoms with E-state index in [1.54, 1.807) is 11.0 Å². The van der Waals surface area contributed by atoms with Crippen LogP contribution >= 0.6 is 0 Å². The molecule has 1 aromatic heterocycles. The molecule has 7 rings (SSSR count). The van der Waals surface area contributed by atoms with Crippen LogP contribution in [0.25, 0.3) is 10.8 Å². The first-order chi connectivity index (χ1) is 20.2. The number of benzene rings is 2. The second-order valence-electron chi connectivity index (χ2n) is 12.4.